The highest BCUT2D eigenvalue weighted by atomic mass is 19.1. The van der Waals surface area contributed by atoms with E-state index < -0.39 is 0 Å². The number of nitrogens with zero attached hydrogens (tertiary/aromatic N) is 3. The SMILES string of the molecule is Cc1nn(-c2ccccc2)c(C)c1CN(C)C(=O)/C=C/c1ccccc1F. The van der Waals surface area contributed by atoms with Gasteiger partial charge in [-0.2, -0.15) is 5.10 Å². The van der Waals surface area contributed by atoms with Crippen LogP contribution in [0.5, 0.6) is 0 Å². The number of carbonyl (C=O) groups is 1. The molecule has 4 nitrogen and oxygen atoms in total. The number of likely N-dealkylation sites (N-methyl/N-ethyl adjacent to an activating group) is 1. The van der Waals surface area contributed by atoms with Crippen molar-refractivity contribution in [3.63, 3.8) is 0 Å². The Morgan fingerprint density at radius 2 is 1.78 bits per heavy atom. The second-order valence-electron chi connectivity index (χ2n) is 6.45. The zero-order valence-electron chi connectivity index (χ0n) is 15.7. The third-order valence-corrected chi connectivity index (χ3v) is 4.52. The van der Waals surface area contributed by atoms with Crippen LogP contribution in [-0.2, 0) is 11.3 Å². The summed E-state index contributed by atoms with van der Waals surface area (Å²) in [6, 6.07) is 16.3. The van der Waals surface area contributed by atoms with Gasteiger partial charge in [0, 0.05) is 36.5 Å². The van der Waals surface area contributed by atoms with Crippen LogP contribution in [-0.4, -0.2) is 27.6 Å². The lowest BCUT2D eigenvalue weighted by Gasteiger charge is -2.15. The molecule has 0 bridgehead atoms. The van der Waals surface area contributed by atoms with Gasteiger partial charge in [-0.05, 0) is 38.1 Å². The molecule has 0 fully saturated rings. The highest BCUT2D eigenvalue weighted by molar-refractivity contribution is 5.91. The summed E-state index contributed by atoms with van der Waals surface area (Å²) in [6.45, 7) is 4.37. The summed E-state index contributed by atoms with van der Waals surface area (Å²) in [6.07, 6.45) is 2.89. The highest BCUT2D eigenvalue weighted by Crippen LogP contribution is 2.19. The van der Waals surface area contributed by atoms with E-state index in [1.54, 1.807) is 30.1 Å². The molecule has 0 unspecified atom stereocenters. The van der Waals surface area contributed by atoms with Gasteiger partial charge in [0.1, 0.15) is 5.82 Å². The molecule has 0 radical (unpaired) electrons. The molecular formula is C22H22FN3O. The van der Waals surface area contributed by atoms with Crippen molar-refractivity contribution in [1.82, 2.24) is 14.7 Å². The highest BCUT2D eigenvalue weighted by Gasteiger charge is 2.16. The number of hydrogen-bond donors (Lipinski definition) is 0. The fourth-order valence-electron chi connectivity index (χ4n) is 2.94. The summed E-state index contributed by atoms with van der Waals surface area (Å²) in [5.41, 5.74) is 4.26. The van der Waals surface area contributed by atoms with Gasteiger partial charge in [0.25, 0.3) is 0 Å². The topological polar surface area (TPSA) is 38.1 Å². The summed E-state index contributed by atoms with van der Waals surface area (Å²) in [5.74, 6) is -0.537. The van der Waals surface area contributed by atoms with E-state index >= 15 is 0 Å². The molecule has 1 amide bonds. The third kappa shape index (κ3) is 4.14. The van der Waals surface area contributed by atoms with E-state index in [4.69, 9.17) is 0 Å². The van der Waals surface area contributed by atoms with Crippen LogP contribution < -0.4 is 0 Å². The molecule has 0 aliphatic rings. The van der Waals surface area contributed by atoms with Crippen LogP contribution in [0.4, 0.5) is 4.39 Å². The lowest BCUT2D eigenvalue weighted by atomic mass is 10.1. The van der Waals surface area contributed by atoms with Gasteiger partial charge in [0.2, 0.25) is 5.91 Å². The summed E-state index contributed by atoms with van der Waals surface area (Å²) in [4.78, 5) is 14.0. The average molecular weight is 363 g/mol. The van der Waals surface area contributed by atoms with Crippen molar-refractivity contribution in [1.29, 1.82) is 0 Å². The Morgan fingerprint density at radius 1 is 1.11 bits per heavy atom. The molecule has 27 heavy (non-hydrogen) atoms. The van der Waals surface area contributed by atoms with Crippen molar-refractivity contribution < 1.29 is 9.18 Å². The number of carbonyl (C=O) groups excluding carboxylic acids is 1. The predicted molar refractivity (Wildman–Crippen MR) is 105 cm³/mol. The van der Waals surface area contributed by atoms with Gasteiger partial charge in [-0.1, -0.05) is 36.4 Å². The van der Waals surface area contributed by atoms with Crippen molar-refractivity contribution in [3.8, 4) is 5.69 Å². The Labute approximate surface area is 158 Å². The van der Waals surface area contributed by atoms with Crippen LogP contribution in [0.1, 0.15) is 22.5 Å². The predicted octanol–water partition coefficient (Wildman–Crippen LogP) is 4.30. The quantitative estimate of drug-likeness (QED) is 0.634. The molecule has 0 atom stereocenters. The van der Waals surface area contributed by atoms with Crippen molar-refractivity contribution in [2.24, 2.45) is 0 Å². The summed E-state index contributed by atoms with van der Waals surface area (Å²) < 4.78 is 15.6. The van der Waals surface area contributed by atoms with Gasteiger partial charge in [-0.3, -0.25) is 4.79 Å². The maximum absolute atomic E-state index is 13.7. The number of benzene rings is 2. The minimum Gasteiger partial charge on any atom is -0.338 e. The zero-order chi connectivity index (χ0) is 19.4. The number of aromatic nitrogens is 2. The number of halogens is 1. The summed E-state index contributed by atoms with van der Waals surface area (Å²) in [5, 5.41) is 4.61. The molecule has 0 aliphatic carbocycles. The van der Waals surface area contributed by atoms with Crippen molar-refractivity contribution in [2.75, 3.05) is 7.05 Å². The third-order valence-electron chi connectivity index (χ3n) is 4.52. The van der Waals surface area contributed by atoms with Crippen LogP contribution in [0.3, 0.4) is 0 Å². The molecule has 0 aliphatic heterocycles. The Bertz CT molecular complexity index is 976. The van der Waals surface area contributed by atoms with E-state index in [2.05, 4.69) is 5.10 Å². The Hall–Kier alpha value is -3.21. The number of rotatable bonds is 5. The van der Waals surface area contributed by atoms with Gasteiger partial charge < -0.3 is 4.90 Å². The van der Waals surface area contributed by atoms with Gasteiger partial charge in [-0.15, -0.1) is 0 Å². The molecule has 0 spiro atoms. The van der Waals surface area contributed by atoms with E-state index in [0.29, 0.717) is 12.1 Å². The standard InChI is InChI=1S/C22H22FN3O/c1-16-20(17(2)26(24-16)19-10-5-4-6-11-19)15-25(3)22(27)14-13-18-9-7-8-12-21(18)23/h4-14H,15H2,1-3H3/b14-13+. The van der Waals surface area contributed by atoms with Crippen molar-refractivity contribution in [3.05, 3.63) is 89.0 Å². The number of amides is 1. The molecule has 3 aromatic rings. The first kappa shape index (κ1) is 18.6. The summed E-state index contributed by atoms with van der Waals surface area (Å²) in [7, 11) is 1.73. The maximum atomic E-state index is 13.7. The molecule has 0 saturated carbocycles. The molecule has 2 aromatic carbocycles. The number of para-hydroxylation sites is 1. The van der Waals surface area contributed by atoms with E-state index in [1.807, 2.05) is 48.9 Å². The minimum atomic E-state index is -0.347. The summed E-state index contributed by atoms with van der Waals surface area (Å²) >= 11 is 0. The molecule has 138 valence electrons. The second-order valence-corrected chi connectivity index (χ2v) is 6.45. The largest absolute Gasteiger partial charge is 0.338 e. The fraction of sp³-hybridized carbons (Fsp3) is 0.182. The first-order valence-electron chi connectivity index (χ1n) is 8.75. The van der Waals surface area contributed by atoms with Crippen LogP contribution in [0, 0.1) is 19.7 Å². The Morgan fingerprint density at radius 3 is 2.48 bits per heavy atom. The van der Waals surface area contributed by atoms with Crippen molar-refractivity contribution >= 4 is 12.0 Å². The molecule has 0 saturated heterocycles. The van der Waals surface area contributed by atoms with E-state index in [0.717, 1.165) is 22.6 Å². The lowest BCUT2D eigenvalue weighted by molar-refractivity contribution is -0.125. The normalized spacial score (nSPS) is 11.1. The number of aryl methyl sites for hydroxylation is 1. The van der Waals surface area contributed by atoms with Crippen molar-refractivity contribution in [2.45, 2.75) is 20.4 Å². The monoisotopic (exact) mass is 363 g/mol. The van der Waals surface area contributed by atoms with E-state index in [9.17, 15) is 9.18 Å². The molecule has 5 heteroatoms. The minimum absolute atomic E-state index is 0.190. The van der Waals surface area contributed by atoms with Gasteiger partial charge in [0.15, 0.2) is 0 Å². The van der Waals surface area contributed by atoms with Gasteiger partial charge >= 0.3 is 0 Å². The molecule has 1 aromatic heterocycles. The number of hydrogen-bond acceptors (Lipinski definition) is 2. The lowest BCUT2D eigenvalue weighted by Crippen LogP contribution is -2.24. The maximum Gasteiger partial charge on any atom is 0.246 e. The smallest absolute Gasteiger partial charge is 0.246 e. The van der Waals surface area contributed by atoms with Crippen LogP contribution in [0.15, 0.2) is 60.7 Å². The van der Waals surface area contributed by atoms with Gasteiger partial charge in [0.05, 0.1) is 11.4 Å². The van der Waals surface area contributed by atoms with Crippen LogP contribution >= 0.6 is 0 Å². The molecule has 3 rings (SSSR count). The van der Waals surface area contributed by atoms with Gasteiger partial charge in [-0.25, -0.2) is 9.07 Å². The first-order valence-corrected chi connectivity index (χ1v) is 8.75. The molecule has 1 heterocycles. The van der Waals surface area contributed by atoms with Crippen LogP contribution in [0.25, 0.3) is 11.8 Å². The van der Waals surface area contributed by atoms with Crippen LogP contribution in [0.2, 0.25) is 0 Å². The fourth-order valence-corrected chi connectivity index (χ4v) is 2.94. The second kappa shape index (κ2) is 7.99. The average Bonchev–Trinajstić information content (AvgIpc) is 2.96. The Kier molecular flexibility index (Phi) is 5.50. The molecular weight excluding hydrogens is 341 g/mol. The van der Waals surface area contributed by atoms with E-state index in [1.165, 1.54) is 18.2 Å². The zero-order valence-corrected chi connectivity index (χ0v) is 15.7. The van der Waals surface area contributed by atoms with E-state index in [-0.39, 0.29) is 11.7 Å². The molecule has 0 N–H and O–H groups in total. The first-order chi connectivity index (χ1) is 13.0. The Balaban J connectivity index is 1.76.